The van der Waals surface area contributed by atoms with Crippen molar-refractivity contribution in [1.82, 2.24) is 10.7 Å². The number of rotatable bonds is 8. The maximum atomic E-state index is 11.9. The molecule has 2 N–H and O–H groups in total. The fraction of sp³-hybridized carbons (Fsp3) is 0.136. The lowest BCUT2D eigenvalue weighted by Gasteiger charge is -2.13. The van der Waals surface area contributed by atoms with Crippen LogP contribution in [0.1, 0.15) is 16.9 Å². The monoisotopic (exact) mass is 441 g/mol. The van der Waals surface area contributed by atoms with Gasteiger partial charge in [0.1, 0.15) is 12.4 Å². The van der Waals surface area contributed by atoms with Crippen LogP contribution < -0.4 is 20.2 Å². The first-order chi connectivity index (χ1) is 15.1. The molecule has 0 aliphatic rings. The van der Waals surface area contributed by atoms with E-state index >= 15 is 0 Å². The number of methoxy groups -OCH3 is 1. The first-order valence-electron chi connectivity index (χ1n) is 9.25. The third-order valence-electron chi connectivity index (χ3n) is 4.14. The molecule has 0 fully saturated rings. The summed E-state index contributed by atoms with van der Waals surface area (Å²) in [6.07, 6.45) is 2.84. The summed E-state index contributed by atoms with van der Waals surface area (Å²) in [5, 5.41) is 6.86. The molecule has 0 aliphatic carbocycles. The Morgan fingerprint density at radius 1 is 1.10 bits per heavy atom. The van der Waals surface area contributed by atoms with Gasteiger partial charge in [-0.1, -0.05) is 35.9 Å². The number of halogens is 1. The maximum absolute atomic E-state index is 11.9. The van der Waals surface area contributed by atoms with E-state index in [1.807, 2.05) is 18.2 Å². The standard InChI is InChI=1S/C22H20ClN3O5/c1-29-19-10-4-7-15(20(19)31-14-16-6-2-3-9-18(16)23)12-25-26-22(28)21(27)24-13-17-8-5-11-30-17/h2-12H,13-14H2,1H3,(H,24,27)(H,26,28)/b25-12-. The van der Waals surface area contributed by atoms with Crippen LogP contribution in [0.2, 0.25) is 5.02 Å². The van der Waals surface area contributed by atoms with Crippen LogP contribution >= 0.6 is 11.6 Å². The molecule has 0 spiro atoms. The molecule has 0 saturated carbocycles. The van der Waals surface area contributed by atoms with E-state index in [9.17, 15) is 9.59 Å². The van der Waals surface area contributed by atoms with Crippen LogP contribution in [0.15, 0.2) is 70.4 Å². The van der Waals surface area contributed by atoms with E-state index in [2.05, 4.69) is 15.8 Å². The van der Waals surface area contributed by atoms with Gasteiger partial charge in [-0.05, 0) is 30.3 Å². The lowest BCUT2D eigenvalue weighted by Crippen LogP contribution is -2.37. The van der Waals surface area contributed by atoms with Crippen molar-refractivity contribution in [3.05, 3.63) is 82.8 Å². The Kier molecular flexibility index (Phi) is 7.67. The fourth-order valence-electron chi connectivity index (χ4n) is 2.59. The second-order valence-corrected chi connectivity index (χ2v) is 6.63. The van der Waals surface area contributed by atoms with Gasteiger partial charge < -0.3 is 19.2 Å². The minimum atomic E-state index is -0.913. The molecule has 0 unspecified atom stereocenters. The second-order valence-electron chi connectivity index (χ2n) is 6.22. The number of hydrogen-bond acceptors (Lipinski definition) is 6. The fourth-order valence-corrected chi connectivity index (χ4v) is 2.78. The molecule has 0 aliphatic heterocycles. The van der Waals surface area contributed by atoms with Gasteiger partial charge in [-0.3, -0.25) is 9.59 Å². The van der Waals surface area contributed by atoms with Gasteiger partial charge in [0.15, 0.2) is 11.5 Å². The molecule has 9 heteroatoms. The molecule has 3 rings (SSSR count). The van der Waals surface area contributed by atoms with Crippen LogP contribution in [0, 0.1) is 0 Å². The van der Waals surface area contributed by atoms with E-state index in [1.54, 1.807) is 36.4 Å². The predicted octanol–water partition coefficient (Wildman–Crippen LogP) is 3.29. The number of hydrogen-bond donors (Lipinski definition) is 2. The summed E-state index contributed by atoms with van der Waals surface area (Å²) in [5.41, 5.74) is 3.53. The van der Waals surface area contributed by atoms with Crippen LogP contribution in [0.3, 0.4) is 0 Å². The van der Waals surface area contributed by atoms with Gasteiger partial charge in [-0.15, -0.1) is 0 Å². The summed E-state index contributed by atoms with van der Waals surface area (Å²) < 4.78 is 16.4. The summed E-state index contributed by atoms with van der Waals surface area (Å²) >= 11 is 6.18. The molecule has 160 valence electrons. The van der Waals surface area contributed by atoms with Crippen LogP contribution in [-0.2, 0) is 22.7 Å². The molecule has 0 radical (unpaired) electrons. The lowest BCUT2D eigenvalue weighted by molar-refractivity contribution is -0.139. The lowest BCUT2D eigenvalue weighted by atomic mass is 10.2. The van der Waals surface area contributed by atoms with Crippen molar-refractivity contribution in [1.29, 1.82) is 0 Å². The molecule has 1 aromatic heterocycles. The minimum Gasteiger partial charge on any atom is -0.493 e. The van der Waals surface area contributed by atoms with Crippen molar-refractivity contribution in [2.45, 2.75) is 13.2 Å². The zero-order chi connectivity index (χ0) is 22.1. The number of nitrogens with one attached hydrogen (secondary N) is 2. The highest BCUT2D eigenvalue weighted by Gasteiger charge is 2.14. The van der Waals surface area contributed by atoms with Crippen LogP contribution in [0.4, 0.5) is 0 Å². The molecule has 0 bridgehead atoms. The van der Waals surface area contributed by atoms with Gasteiger partial charge in [0, 0.05) is 16.1 Å². The number of furan rings is 1. The van der Waals surface area contributed by atoms with Crippen molar-refractivity contribution in [3.63, 3.8) is 0 Å². The minimum absolute atomic E-state index is 0.0961. The topological polar surface area (TPSA) is 102 Å². The van der Waals surface area contributed by atoms with Crippen molar-refractivity contribution in [2.24, 2.45) is 5.10 Å². The normalized spacial score (nSPS) is 10.6. The highest BCUT2D eigenvalue weighted by atomic mass is 35.5. The Hall–Kier alpha value is -3.78. The Labute approximate surface area is 183 Å². The SMILES string of the molecule is COc1cccc(/C=N\NC(=O)C(=O)NCc2ccco2)c1OCc1ccccc1Cl. The van der Waals surface area contributed by atoms with E-state index in [-0.39, 0.29) is 13.2 Å². The Morgan fingerprint density at radius 3 is 2.68 bits per heavy atom. The summed E-state index contributed by atoms with van der Waals surface area (Å²) in [7, 11) is 1.52. The quantitative estimate of drug-likeness (QED) is 0.317. The maximum Gasteiger partial charge on any atom is 0.329 e. The van der Waals surface area contributed by atoms with E-state index in [0.717, 1.165) is 5.56 Å². The van der Waals surface area contributed by atoms with Gasteiger partial charge in [0.05, 0.1) is 26.1 Å². The molecule has 3 aromatic rings. The van der Waals surface area contributed by atoms with Gasteiger partial charge in [0.25, 0.3) is 0 Å². The number of carbonyl (C=O) groups is 2. The third kappa shape index (κ3) is 6.10. The molecular weight excluding hydrogens is 422 g/mol. The Bertz CT molecular complexity index is 1070. The number of hydrazone groups is 1. The average molecular weight is 442 g/mol. The first-order valence-corrected chi connectivity index (χ1v) is 9.63. The number of benzene rings is 2. The Balaban J connectivity index is 1.63. The van der Waals surface area contributed by atoms with Gasteiger partial charge >= 0.3 is 11.8 Å². The summed E-state index contributed by atoms with van der Waals surface area (Å²) in [6.45, 7) is 0.307. The third-order valence-corrected chi connectivity index (χ3v) is 4.51. The number of para-hydroxylation sites is 1. The number of ether oxygens (including phenoxy) is 2. The smallest absolute Gasteiger partial charge is 0.329 e. The van der Waals surface area contributed by atoms with Crippen molar-refractivity contribution >= 4 is 29.6 Å². The molecule has 0 atom stereocenters. The molecule has 2 amide bonds. The van der Waals surface area contributed by atoms with Crippen LogP contribution in [0.5, 0.6) is 11.5 Å². The predicted molar refractivity (Wildman–Crippen MR) is 115 cm³/mol. The highest BCUT2D eigenvalue weighted by Crippen LogP contribution is 2.31. The first kappa shape index (κ1) is 21.9. The van der Waals surface area contributed by atoms with E-state index in [1.165, 1.54) is 19.6 Å². The molecule has 0 saturated heterocycles. The zero-order valence-electron chi connectivity index (χ0n) is 16.6. The van der Waals surface area contributed by atoms with E-state index in [0.29, 0.717) is 27.8 Å². The number of carbonyl (C=O) groups excluding carboxylic acids is 2. The largest absolute Gasteiger partial charge is 0.493 e. The summed E-state index contributed by atoms with van der Waals surface area (Å²) in [6, 6.07) is 15.9. The summed E-state index contributed by atoms with van der Waals surface area (Å²) in [5.74, 6) is -0.316. The van der Waals surface area contributed by atoms with Gasteiger partial charge in [-0.25, -0.2) is 5.43 Å². The number of nitrogens with zero attached hydrogens (tertiary/aromatic N) is 1. The highest BCUT2D eigenvalue weighted by molar-refractivity contribution is 6.35. The molecule has 1 heterocycles. The molecule has 2 aromatic carbocycles. The van der Waals surface area contributed by atoms with Gasteiger partial charge in [0.2, 0.25) is 0 Å². The molecule has 31 heavy (non-hydrogen) atoms. The molecular formula is C22H20ClN3O5. The van der Waals surface area contributed by atoms with Crippen LogP contribution in [0.25, 0.3) is 0 Å². The Morgan fingerprint density at radius 2 is 1.94 bits per heavy atom. The van der Waals surface area contributed by atoms with Crippen molar-refractivity contribution in [2.75, 3.05) is 7.11 Å². The second kappa shape index (κ2) is 10.8. The van der Waals surface area contributed by atoms with Gasteiger partial charge in [-0.2, -0.15) is 5.10 Å². The molecule has 8 nitrogen and oxygen atoms in total. The van der Waals surface area contributed by atoms with E-state index < -0.39 is 11.8 Å². The zero-order valence-corrected chi connectivity index (χ0v) is 17.4. The van der Waals surface area contributed by atoms with Crippen molar-refractivity contribution in [3.8, 4) is 11.5 Å². The van der Waals surface area contributed by atoms with Crippen molar-refractivity contribution < 1.29 is 23.5 Å². The van der Waals surface area contributed by atoms with Crippen LogP contribution in [-0.4, -0.2) is 25.1 Å². The average Bonchev–Trinajstić information content (AvgIpc) is 3.31. The number of amides is 2. The van der Waals surface area contributed by atoms with E-state index in [4.69, 9.17) is 25.5 Å². The summed E-state index contributed by atoms with van der Waals surface area (Å²) in [4.78, 5) is 23.8.